The molecule has 0 radical (unpaired) electrons. The van der Waals surface area contributed by atoms with E-state index in [0.29, 0.717) is 19.4 Å². The van der Waals surface area contributed by atoms with Gasteiger partial charge in [-0.25, -0.2) is 4.79 Å². The SMILES string of the molecule is CC(CCCNC(=O)N(C)C(C)C(C)(C)C)C(=O)O. The van der Waals surface area contributed by atoms with Crippen LogP contribution in [0.5, 0.6) is 0 Å². The van der Waals surface area contributed by atoms with Crippen molar-refractivity contribution in [2.45, 2.75) is 53.5 Å². The molecule has 2 atom stereocenters. The molecule has 0 bridgehead atoms. The van der Waals surface area contributed by atoms with Gasteiger partial charge in [0, 0.05) is 19.6 Å². The van der Waals surface area contributed by atoms with Gasteiger partial charge in [0.2, 0.25) is 0 Å². The third-order valence-corrected chi connectivity index (χ3v) is 3.67. The number of nitrogens with one attached hydrogen (secondary N) is 1. The number of rotatable bonds is 6. The molecule has 5 heteroatoms. The zero-order valence-electron chi connectivity index (χ0n) is 13.0. The zero-order chi connectivity index (χ0) is 15.2. The van der Waals surface area contributed by atoms with Crippen LogP contribution >= 0.6 is 0 Å². The molecule has 0 fully saturated rings. The quantitative estimate of drug-likeness (QED) is 0.730. The minimum absolute atomic E-state index is 0.0317. The third kappa shape index (κ3) is 6.45. The van der Waals surface area contributed by atoms with Crippen LogP contribution in [0, 0.1) is 11.3 Å². The Kier molecular flexibility index (Phi) is 6.87. The van der Waals surface area contributed by atoms with Crippen LogP contribution in [0.1, 0.15) is 47.5 Å². The molecule has 0 rings (SSSR count). The average Bonchev–Trinajstić information content (AvgIpc) is 2.30. The monoisotopic (exact) mass is 272 g/mol. The van der Waals surface area contributed by atoms with Crippen LogP contribution in [0.25, 0.3) is 0 Å². The molecular formula is C14H28N2O3. The average molecular weight is 272 g/mol. The number of hydrogen-bond donors (Lipinski definition) is 2. The number of aliphatic carboxylic acids is 1. The van der Waals surface area contributed by atoms with Gasteiger partial charge in [-0.3, -0.25) is 4.79 Å². The van der Waals surface area contributed by atoms with Gasteiger partial charge in [0.05, 0.1) is 5.92 Å². The predicted molar refractivity (Wildman–Crippen MR) is 76.1 cm³/mol. The molecule has 5 nitrogen and oxygen atoms in total. The first-order valence-electron chi connectivity index (χ1n) is 6.80. The highest BCUT2D eigenvalue weighted by Crippen LogP contribution is 2.22. The molecule has 19 heavy (non-hydrogen) atoms. The Morgan fingerprint density at radius 3 is 2.21 bits per heavy atom. The maximum Gasteiger partial charge on any atom is 0.317 e. The summed E-state index contributed by atoms with van der Waals surface area (Å²) in [7, 11) is 1.78. The third-order valence-electron chi connectivity index (χ3n) is 3.67. The highest BCUT2D eigenvalue weighted by Gasteiger charge is 2.26. The molecule has 0 aliphatic rings. The van der Waals surface area contributed by atoms with E-state index in [1.54, 1.807) is 18.9 Å². The second-order valence-electron chi connectivity index (χ2n) is 6.27. The van der Waals surface area contributed by atoms with Crippen LogP contribution in [0.3, 0.4) is 0 Å². The Hall–Kier alpha value is -1.26. The van der Waals surface area contributed by atoms with Crippen molar-refractivity contribution >= 4 is 12.0 Å². The fraction of sp³-hybridized carbons (Fsp3) is 0.857. The molecule has 0 aliphatic heterocycles. The Balaban J connectivity index is 4.02. The molecule has 0 heterocycles. The number of carboxylic acids is 1. The van der Waals surface area contributed by atoms with Crippen molar-refractivity contribution < 1.29 is 14.7 Å². The molecule has 0 spiro atoms. The van der Waals surface area contributed by atoms with E-state index in [-0.39, 0.29) is 23.4 Å². The largest absolute Gasteiger partial charge is 0.481 e. The van der Waals surface area contributed by atoms with Crippen LogP contribution < -0.4 is 5.32 Å². The Morgan fingerprint density at radius 1 is 1.26 bits per heavy atom. The van der Waals surface area contributed by atoms with Gasteiger partial charge in [-0.1, -0.05) is 27.7 Å². The predicted octanol–water partition coefficient (Wildman–Crippen LogP) is 2.56. The van der Waals surface area contributed by atoms with Crippen LogP contribution in [0.15, 0.2) is 0 Å². The van der Waals surface area contributed by atoms with Crippen LogP contribution in [0.4, 0.5) is 4.79 Å². The lowest BCUT2D eigenvalue weighted by molar-refractivity contribution is -0.141. The summed E-state index contributed by atoms with van der Waals surface area (Å²) in [4.78, 5) is 24.2. The topological polar surface area (TPSA) is 69.6 Å². The van der Waals surface area contributed by atoms with Gasteiger partial charge in [-0.2, -0.15) is 0 Å². The van der Waals surface area contributed by atoms with Crippen molar-refractivity contribution in [1.82, 2.24) is 10.2 Å². The van der Waals surface area contributed by atoms with E-state index in [4.69, 9.17) is 5.11 Å². The van der Waals surface area contributed by atoms with E-state index >= 15 is 0 Å². The highest BCUT2D eigenvalue weighted by atomic mass is 16.4. The normalized spacial score (nSPS) is 14.6. The number of carbonyl (C=O) groups is 2. The van der Waals surface area contributed by atoms with E-state index in [2.05, 4.69) is 26.1 Å². The maximum absolute atomic E-state index is 11.9. The molecule has 0 aromatic carbocycles. The Morgan fingerprint density at radius 2 is 1.79 bits per heavy atom. The summed E-state index contributed by atoms with van der Waals surface area (Å²) in [5.41, 5.74) is 0.0317. The van der Waals surface area contributed by atoms with Gasteiger partial charge < -0.3 is 15.3 Å². The lowest BCUT2D eigenvalue weighted by atomic mass is 9.87. The van der Waals surface area contributed by atoms with Gasteiger partial charge in [0.15, 0.2) is 0 Å². The van der Waals surface area contributed by atoms with Crippen LogP contribution in [0.2, 0.25) is 0 Å². The lowest BCUT2D eigenvalue weighted by Gasteiger charge is -2.35. The second kappa shape index (κ2) is 7.36. The summed E-state index contributed by atoms with van der Waals surface area (Å²) in [6.07, 6.45) is 1.26. The van der Waals surface area contributed by atoms with E-state index in [9.17, 15) is 9.59 Å². The molecule has 112 valence electrons. The second-order valence-corrected chi connectivity index (χ2v) is 6.27. The first-order valence-corrected chi connectivity index (χ1v) is 6.80. The van der Waals surface area contributed by atoms with Crippen molar-refractivity contribution in [3.8, 4) is 0 Å². The summed E-state index contributed by atoms with van der Waals surface area (Å²) < 4.78 is 0. The van der Waals surface area contributed by atoms with Gasteiger partial charge in [0.1, 0.15) is 0 Å². The summed E-state index contributed by atoms with van der Waals surface area (Å²) in [6, 6.07) is 0.0239. The molecule has 0 aliphatic carbocycles. The van der Waals surface area contributed by atoms with Gasteiger partial charge >= 0.3 is 12.0 Å². The molecule has 0 saturated carbocycles. The minimum atomic E-state index is -0.787. The molecule has 0 saturated heterocycles. The summed E-state index contributed by atoms with van der Waals surface area (Å²) in [5, 5.41) is 11.6. The minimum Gasteiger partial charge on any atom is -0.481 e. The van der Waals surface area contributed by atoms with Crippen molar-refractivity contribution in [3.05, 3.63) is 0 Å². The number of carbonyl (C=O) groups excluding carboxylic acids is 1. The fourth-order valence-corrected chi connectivity index (χ4v) is 1.61. The molecule has 0 aromatic rings. The van der Waals surface area contributed by atoms with Crippen molar-refractivity contribution in [2.75, 3.05) is 13.6 Å². The zero-order valence-corrected chi connectivity index (χ0v) is 13.0. The molecule has 0 aromatic heterocycles. The standard InChI is InChI=1S/C14H28N2O3/c1-10(12(17)18)8-7-9-15-13(19)16(6)11(2)14(3,4)5/h10-11H,7-9H2,1-6H3,(H,15,19)(H,17,18). The smallest absolute Gasteiger partial charge is 0.317 e. The molecule has 2 unspecified atom stereocenters. The number of hydrogen-bond acceptors (Lipinski definition) is 2. The van der Waals surface area contributed by atoms with E-state index in [0.717, 1.165) is 0 Å². The van der Waals surface area contributed by atoms with Gasteiger partial charge in [0.25, 0.3) is 0 Å². The first-order chi connectivity index (χ1) is 8.57. The van der Waals surface area contributed by atoms with Crippen LogP contribution in [-0.2, 0) is 4.79 Å². The first kappa shape index (κ1) is 17.7. The van der Waals surface area contributed by atoms with E-state index in [1.165, 1.54) is 0 Å². The Bertz CT molecular complexity index is 310. The van der Waals surface area contributed by atoms with Crippen molar-refractivity contribution in [1.29, 1.82) is 0 Å². The number of nitrogens with zero attached hydrogens (tertiary/aromatic N) is 1. The van der Waals surface area contributed by atoms with E-state index < -0.39 is 5.97 Å². The highest BCUT2D eigenvalue weighted by molar-refractivity contribution is 5.74. The fourth-order valence-electron chi connectivity index (χ4n) is 1.61. The number of carboxylic acid groups (broad SMARTS) is 1. The molecular weight excluding hydrogens is 244 g/mol. The Labute approximate surface area is 116 Å². The maximum atomic E-state index is 11.9. The summed E-state index contributed by atoms with van der Waals surface area (Å²) in [6.45, 7) is 10.5. The number of amides is 2. The summed E-state index contributed by atoms with van der Waals surface area (Å²) >= 11 is 0. The van der Waals surface area contributed by atoms with Crippen molar-refractivity contribution in [2.24, 2.45) is 11.3 Å². The molecule has 2 amide bonds. The summed E-state index contributed by atoms with van der Waals surface area (Å²) in [5.74, 6) is -1.15. The van der Waals surface area contributed by atoms with Crippen LogP contribution in [-0.4, -0.2) is 41.6 Å². The number of urea groups is 1. The van der Waals surface area contributed by atoms with E-state index in [1.807, 2.05) is 6.92 Å². The van der Waals surface area contributed by atoms with Crippen molar-refractivity contribution in [3.63, 3.8) is 0 Å². The van der Waals surface area contributed by atoms with Gasteiger partial charge in [-0.15, -0.1) is 0 Å². The molecule has 2 N–H and O–H groups in total. The lowest BCUT2D eigenvalue weighted by Crippen LogP contribution is -2.47. The van der Waals surface area contributed by atoms with Gasteiger partial charge in [-0.05, 0) is 25.2 Å².